The first-order valence-electron chi connectivity index (χ1n) is 8.06. The quantitative estimate of drug-likeness (QED) is 0.859. The normalized spacial score (nSPS) is 13.9. The molecule has 25 heavy (non-hydrogen) atoms. The van der Waals surface area contributed by atoms with Crippen molar-refractivity contribution in [3.63, 3.8) is 0 Å². The van der Waals surface area contributed by atoms with E-state index in [1.165, 1.54) is 6.26 Å². The van der Waals surface area contributed by atoms with Gasteiger partial charge in [-0.25, -0.2) is 8.42 Å². The minimum absolute atomic E-state index is 0.0592. The molecule has 5 nitrogen and oxygen atoms in total. The van der Waals surface area contributed by atoms with Crippen LogP contribution in [0.25, 0.3) is 0 Å². The number of hydrogen-bond acceptors (Lipinski definition) is 4. The molecule has 2 aromatic carbocycles. The van der Waals surface area contributed by atoms with Crippen LogP contribution in [0.5, 0.6) is 0 Å². The number of sulfone groups is 1. The van der Waals surface area contributed by atoms with Crippen molar-refractivity contribution in [3.05, 3.63) is 65.7 Å². The first kappa shape index (κ1) is 19.1. The summed E-state index contributed by atoms with van der Waals surface area (Å²) in [4.78, 5) is 14.4. The summed E-state index contributed by atoms with van der Waals surface area (Å²) in [5, 5.41) is 0. The van der Waals surface area contributed by atoms with Gasteiger partial charge < -0.3 is 10.6 Å². The Morgan fingerprint density at radius 3 is 2.12 bits per heavy atom. The molecule has 1 amide bonds. The number of nitrogens with two attached hydrogens (primary N) is 1. The monoisotopic (exact) mass is 360 g/mol. The Kier molecular flexibility index (Phi) is 5.98. The van der Waals surface area contributed by atoms with Crippen LogP contribution in [-0.2, 0) is 14.6 Å². The molecular formula is C19H24N2O3S. The van der Waals surface area contributed by atoms with E-state index in [1.54, 1.807) is 36.2 Å². The third kappa shape index (κ3) is 4.90. The van der Waals surface area contributed by atoms with Crippen LogP contribution < -0.4 is 5.73 Å². The van der Waals surface area contributed by atoms with Gasteiger partial charge in [-0.2, -0.15) is 0 Å². The van der Waals surface area contributed by atoms with Crippen LogP contribution in [0.1, 0.15) is 36.6 Å². The minimum Gasteiger partial charge on any atom is -0.339 e. The Bertz CT molecular complexity index is 818. The number of carbonyl (C=O) groups excluding carboxylic acids is 1. The molecule has 0 heterocycles. The average Bonchev–Trinajstić information content (AvgIpc) is 2.60. The molecule has 0 aliphatic heterocycles. The van der Waals surface area contributed by atoms with Gasteiger partial charge in [0.15, 0.2) is 9.84 Å². The number of amides is 1. The topological polar surface area (TPSA) is 80.5 Å². The highest BCUT2D eigenvalue weighted by atomic mass is 32.2. The fourth-order valence-corrected chi connectivity index (χ4v) is 3.21. The van der Waals surface area contributed by atoms with Crippen LogP contribution in [0.3, 0.4) is 0 Å². The van der Waals surface area contributed by atoms with Crippen LogP contribution in [0.2, 0.25) is 0 Å². The zero-order chi connectivity index (χ0) is 18.6. The number of nitrogens with zero attached hydrogens (tertiary/aromatic N) is 1. The SMILES string of the molecule is CC(c1ccc(S(C)(=O)=O)cc1)N(C)C(=O)CC(N)c1ccccc1. The highest BCUT2D eigenvalue weighted by Gasteiger charge is 2.20. The Morgan fingerprint density at radius 1 is 1.04 bits per heavy atom. The molecule has 0 aliphatic rings. The first-order valence-corrected chi connectivity index (χ1v) is 9.95. The van der Waals surface area contributed by atoms with Crippen molar-refractivity contribution < 1.29 is 13.2 Å². The molecule has 0 spiro atoms. The molecule has 2 unspecified atom stereocenters. The summed E-state index contributed by atoms with van der Waals surface area (Å²) < 4.78 is 23.1. The van der Waals surface area contributed by atoms with Crippen LogP contribution in [0.15, 0.2) is 59.5 Å². The standard InChI is InChI=1S/C19H24N2O3S/c1-14(15-9-11-17(12-10-15)25(3,23)24)21(2)19(22)13-18(20)16-7-5-4-6-8-16/h4-12,14,18H,13,20H2,1-3H3. The average molecular weight is 360 g/mol. The van der Waals surface area contributed by atoms with Crippen molar-refractivity contribution >= 4 is 15.7 Å². The van der Waals surface area contributed by atoms with Gasteiger partial charge in [0, 0.05) is 25.8 Å². The fraction of sp³-hybridized carbons (Fsp3) is 0.316. The van der Waals surface area contributed by atoms with Crippen LogP contribution in [0.4, 0.5) is 0 Å². The summed E-state index contributed by atoms with van der Waals surface area (Å²) in [6.45, 7) is 1.90. The molecule has 0 radical (unpaired) electrons. The van der Waals surface area contributed by atoms with E-state index < -0.39 is 9.84 Å². The van der Waals surface area contributed by atoms with Crippen LogP contribution in [0, 0.1) is 0 Å². The molecule has 2 N–H and O–H groups in total. The maximum absolute atomic E-state index is 12.5. The van der Waals surface area contributed by atoms with Gasteiger partial charge in [-0.1, -0.05) is 42.5 Å². The Morgan fingerprint density at radius 2 is 1.60 bits per heavy atom. The third-order valence-electron chi connectivity index (χ3n) is 4.39. The van der Waals surface area contributed by atoms with Gasteiger partial charge in [-0.05, 0) is 30.2 Å². The summed E-state index contributed by atoms with van der Waals surface area (Å²) in [6.07, 6.45) is 1.39. The molecule has 0 aromatic heterocycles. The first-order chi connectivity index (χ1) is 11.7. The van der Waals surface area contributed by atoms with E-state index >= 15 is 0 Å². The zero-order valence-corrected chi connectivity index (χ0v) is 15.5. The van der Waals surface area contributed by atoms with Gasteiger partial charge >= 0.3 is 0 Å². The lowest BCUT2D eigenvalue weighted by Crippen LogP contribution is -2.32. The number of carbonyl (C=O) groups is 1. The Hall–Kier alpha value is -2.18. The lowest BCUT2D eigenvalue weighted by Gasteiger charge is -2.27. The fourth-order valence-electron chi connectivity index (χ4n) is 2.58. The van der Waals surface area contributed by atoms with Gasteiger partial charge in [-0.3, -0.25) is 4.79 Å². The highest BCUT2D eigenvalue weighted by molar-refractivity contribution is 7.90. The molecule has 2 rings (SSSR count). The predicted octanol–water partition coefficient (Wildman–Crippen LogP) is 2.70. The Balaban J connectivity index is 2.06. The minimum atomic E-state index is -3.23. The van der Waals surface area contributed by atoms with Gasteiger partial charge in [-0.15, -0.1) is 0 Å². The van der Waals surface area contributed by atoms with Gasteiger partial charge in [0.1, 0.15) is 0 Å². The predicted molar refractivity (Wildman–Crippen MR) is 98.7 cm³/mol. The molecule has 0 saturated carbocycles. The van der Waals surface area contributed by atoms with Crippen molar-refractivity contribution in [2.75, 3.05) is 13.3 Å². The van der Waals surface area contributed by atoms with Crippen molar-refractivity contribution in [2.24, 2.45) is 5.73 Å². The molecule has 0 fully saturated rings. The van der Waals surface area contributed by atoms with Crippen molar-refractivity contribution in [1.82, 2.24) is 4.90 Å². The van der Waals surface area contributed by atoms with Crippen molar-refractivity contribution in [3.8, 4) is 0 Å². The van der Waals surface area contributed by atoms with Crippen molar-refractivity contribution in [2.45, 2.75) is 30.3 Å². The molecule has 134 valence electrons. The largest absolute Gasteiger partial charge is 0.339 e. The number of rotatable bonds is 6. The second kappa shape index (κ2) is 7.80. The molecule has 2 atom stereocenters. The summed E-state index contributed by atoms with van der Waals surface area (Å²) in [6, 6.07) is 15.6. The summed E-state index contributed by atoms with van der Waals surface area (Å²) in [5.41, 5.74) is 7.92. The van der Waals surface area contributed by atoms with E-state index in [1.807, 2.05) is 37.3 Å². The van der Waals surface area contributed by atoms with E-state index in [2.05, 4.69) is 0 Å². The summed E-state index contributed by atoms with van der Waals surface area (Å²) in [7, 11) is -1.49. The van der Waals surface area contributed by atoms with Gasteiger partial charge in [0.25, 0.3) is 0 Å². The van der Waals surface area contributed by atoms with Crippen LogP contribution >= 0.6 is 0 Å². The van der Waals surface area contributed by atoms with Gasteiger partial charge in [0.2, 0.25) is 5.91 Å². The maximum Gasteiger partial charge on any atom is 0.224 e. The second-order valence-corrected chi connectivity index (χ2v) is 8.26. The molecular weight excluding hydrogens is 336 g/mol. The maximum atomic E-state index is 12.5. The Labute approximate surface area is 149 Å². The number of hydrogen-bond donors (Lipinski definition) is 1. The van der Waals surface area contributed by atoms with E-state index in [-0.39, 0.29) is 29.3 Å². The lowest BCUT2D eigenvalue weighted by atomic mass is 10.0. The zero-order valence-electron chi connectivity index (χ0n) is 14.7. The second-order valence-electron chi connectivity index (χ2n) is 6.24. The lowest BCUT2D eigenvalue weighted by molar-refractivity contribution is -0.132. The van der Waals surface area contributed by atoms with Crippen molar-refractivity contribution in [1.29, 1.82) is 0 Å². The third-order valence-corrected chi connectivity index (χ3v) is 5.52. The molecule has 0 aliphatic carbocycles. The molecule has 2 aromatic rings. The molecule has 0 saturated heterocycles. The molecule has 6 heteroatoms. The summed E-state index contributed by atoms with van der Waals surface area (Å²) in [5.74, 6) is -0.0592. The molecule has 0 bridgehead atoms. The van der Waals surface area contributed by atoms with E-state index in [0.717, 1.165) is 11.1 Å². The van der Waals surface area contributed by atoms with E-state index in [4.69, 9.17) is 5.73 Å². The smallest absolute Gasteiger partial charge is 0.224 e. The summed E-state index contributed by atoms with van der Waals surface area (Å²) >= 11 is 0. The van der Waals surface area contributed by atoms with E-state index in [0.29, 0.717) is 0 Å². The van der Waals surface area contributed by atoms with Gasteiger partial charge in [0.05, 0.1) is 10.9 Å². The highest BCUT2D eigenvalue weighted by Crippen LogP contribution is 2.23. The number of benzene rings is 2. The van der Waals surface area contributed by atoms with E-state index in [9.17, 15) is 13.2 Å². The van der Waals surface area contributed by atoms with Crippen LogP contribution in [-0.4, -0.2) is 32.5 Å².